The Morgan fingerprint density at radius 1 is 1.30 bits per heavy atom. The van der Waals surface area contributed by atoms with Crippen molar-refractivity contribution < 1.29 is 9.59 Å². The molecular formula is C14H18ClN3O2. The summed E-state index contributed by atoms with van der Waals surface area (Å²) in [4.78, 5) is 23.4. The zero-order valence-electron chi connectivity index (χ0n) is 11.3. The van der Waals surface area contributed by atoms with Crippen molar-refractivity contribution in [1.82, 2.24) is 5.32 Å². The van der Waals surface area contributed by atoms with Crippen LogP contribution in [0.5, 0.6) is 0 Å². The molecule has 6 heteroatoms. The van der Waals surface area contributed by atoms with Crippen LogP contribution in [0.15, 0.2) is 18.2 Å². The number of piperidine rings is 1. The maximum absolute atomic E-state index is 12.2. The van der Waals surface area contributed by atoms with Crippen LogP contribution >= 0.6 is 11.6 Å². The number of carbonyl (C=O) groups is 2. The maximum atomic E-state index is 12.2. The highest BCUT2D eigenvalue weighted by Gasteiger charge is 2.21. The lowest BCUT2D eigenvalue weighted by molar-refractivity contribution is -0.120. The molecule has 108 valence electrons. The summed E-state index contributed by atoms with van der Waals surface area (Å²) in [6.45, 7) is 3.06. The van der Waals surface area contributed by atoms with Crippen molar-refractivity contribution in [3.05, 3.63) is 23.2 Å². The first-order chi connectivity index (χ1) is 9.56. The van der Waals surface area contributed by atoms with Crippen molar-refractivity contribution in [2.75, 3.05) is 23.7 Å². The topological polar surface area (TPSA) is 70.2 Å². The molecular weight excluding hydrogens is 278 g/mol. The second kappa shape index (κ2) is 6.72. The molecule has 1 aliphatic heterocycles. The van der Waals surface area contributed by atoms with E-state index in [-0.39, 0.29) is 17.7 Å². The second-order valence-corrected chi connectivity index (χ2v) is 5.34. The van der Waals surface area contributed by atoms with Gasteiger partial charge in [-0.2, -0.15) is 0 Å². The quantitative estimate of drug-likeness (QED) is 0.801. The van der Waals surface area contributed by atoms with Crippen molar-refractivity contribution in [3.63, 3.8) is 0 Å². The van der Waals surface area contributed by atoms with E-state index in [1.165, 1.54) is 6.92 Å². The number of benzene rings is 1. The van der Waals surface area contributed by atoms with Gasteiger partial charge >= 0.3 is 0 Å². The minimum atomic E-state index is -0.206. The normalized spacial score (nSPS) is 18.4. The summed E-state index contributed by atoms with van der Waals surface area (Å²) >= 11 is 5.91. The molecule has 2 rings (SSSR count). The van der Waals surface area contributed by atoms with E-state index in [0.29, 0.717) is 22.9 Å². The predicted octanol–water partition coefficient (Wildman–Crippen LogP) is 2.24. The molecule has 0 aromatic heterocycles. The van der Waals surface area contributed by atoms with Crippen LogP contribution in [0.4, 0.5) is 11.4 Å². The van der Waals surface area contributed by atoms with Gasteiger partial charge in [-0.15, -0.1) is 0 Å². The highest BCUT2D eigenvalue weighted by Crippen LogP contribution is 2.26. The number of rotatable bonds is 3. The lowest BCUT2D eigenvalue weighted by Crippen LogP contribution is -2.37. The first-order valence-corrected chi connectivity index (χ1v) is 7.03. The highest BCUT2D eigenvalue weighted by atomic mass is 35.5. The van der Waals surface area contributed by atoms with Crippen LogP contribution in [0.25, 0.3) is 0 Å². The summed E-state index contributed by atoms with van der Waals surface area (Å²) in [5.41, 5.74) is 1.09. The van der Waals surface area contributed by atoms with E-state index in [1.54, 1.807) is 18.2 Å². The van der Waals surface area contributed by atoms with Crippen LogP contribution in [0.1, 0.15) is 19.8 Å². The third-order valence-electron chi connectivity index (χ3n) is 3.22. The Kier molecular flexibility index (Phi) is 4.98. The number of carbonyl (C=O) groups excluding carboxylic acids is 2. The summed E-state index contributed by atoms with van der Waals surface area (Å²) in [6.07, 6.45) is 1.87. The lowest BCUT2D eigenvalue weighted by Gasteiger charge is -2.22. The van der Waals surface area contributed by atoms with Gasteiger partial charge in [-0.1, -0.05) is 11.6 Å². The zero-order valence-corrected chi connectivity index (χ0v) is 12.1. The Morgan fingerprint density at radius 3 is 2.75 bits per heavy atom. The van der Waals surface area contributed by atoms with E-state index >= 15 is 0 Å². The van der Waals surface area contributed by atoms with Gasteiger partial charge in [0.2, 0.25) is 11.8 Å². The zero-order chi connectivity index (χ0) is 14.5. The molecule has 1 aromatic carbocycles. The summed E-state index contributed by atoms with van der Waals surface area (Å²) in [5, 5.41) is 9.24. The molecule has 1 heterocycles. The number of hydrogen-bond acceptors (Lipinski definition) is 3. The lowest BCUT2D eigenvalue weighted by atomic mass is 9.99. The summed E-state index contributed by atoms with van der Waals surface area (Å²) in [6, 6.07) is 5.00. The molecule has 1 saturated heterocycles. The van der Waals surface area contributed by atoms with E-state index in [4.69, 9.17) is 11.6 Å². The monoisotopic (exact) mass is 295 g/mol. The second-order valence-electron chi connectivity index (χ2n) is 4.90. The van der Waals surface area contributed by atoms with E-state index in [2.05, 4.69) is 16.0 Å². The third-order valence-corrected chi connectivity index (χ3v) is 3.45. The number of anilines is 2. The number of hydrogen-bond donors (Lipinski definition) is 3. The van der Waals surface area contributed by atoms with Gasteiger partial charge in [0.1, 0.15) is 0 Å². The molecule has 20 heavy (non-hydrogen) atoms. The average molecular weight is 296 g/mol. The largest absolute Gasteiger partial charge is 0.324 e. The highest BCUT2D eigenvalue weighted by molar-refractivity contribution is 6.31. The van der Waals surface area contributed by atoms with E-state index in [0.717, 1.165) is 19.4 Å². The smallest absolute Gasteiger partial charge is 0.228 e. The van der Waals surface area contributed by atoms with Crippen molar-refractivity contribution >= 4 is 34.8 Å². The standard InChI is InChI=1S/C14H18ClN3O2/c1-9(19)17-13-7-11(15)4-5-12(13)18-14(20)10-3-2-6-16-8-10/h4-5,7,10,16H,2-3,6,8H2,1H3,(H,17,19)(H,18,20). The predicted molar refractivity (Wildman–Crippen MR) is 80.0 cm³/mol. The van der Waals surface area contributed by atoms with Crippen molar-refractivity contribution in [1.29, 1.82) is 0 Å². The van der Waals surface area contributed by atoms with Crippen LogP contribution in [0, 0.1) is 5.92 Å². The fourth-order valence-electron chi connectivity index (χ4n) is 2.23. The van der Waals surface area contributed by atoms with Crippen LogP contribution in [0.3, 0.4) is 0 Å². The first kappa shape index (κ1) is 14.8. The number of halogens is 1. The molecule has 0 radical (unpaired) electrons. The molecule has 1 aliphatic rings. The molecule has 2 amide bonds. The molecule has 3 N–H and O–H groups in total. The van der Waals surface area contributed by atoms with Gasteiger partial charge < -0.3 is 16.0 Å². The molecule has 0 bridgehead atoms. The van der Waals surface area contributed by atoms with E-state index < -0.39 is 0 Å². The van der Waals surface area contributed by atoms with Gasteiger partial charge in [0.15, 0.2) is 0 Å². The molecule has 1 aromatic rings. The molecule has 1 fully saturated rings. The molecule has 5 nitrogen and oxygen atoms in total. The van der Waals surface area contributed by atoms with Gasteiger partial charge in [0.05, 0.1) is 17.3 Å². The Balaban J connectivity index is 2.11. The summed E-state index contributed by atoms with van der Waals surface area (Å²) in [7, 11) is 0. The van der Waals surface area contributed by atoms with E-state index in [1.807, 2.05) is 0 Å². The SMILES string of the molecule is CC(=O)Nc1cc(Cl)ccc1NC(=O)C1CCCNC1. The Hall–Kier alpha value is -1.59. The van der Waals surface area contributed by atoms with Gasteiger partial charge in [-0.25, -0.2) is 0 Å². The van der Waals surface area contributed by atoms with Crippen molar-refractivity contribution in [2.24, 2.45) is 5.92 Å². The molecule has 0 saturated carbocycles. The van der Waals surface area contributed by atoms with Crippen LogP contribution < -0.4 is 16.0 Å². The van der Waals surface area contributed by atoms with Gasteiger partial charge in [0.25, 0.3) is 0 Å². The van der Waals surface area contributed by atoms with Gasteiger partial charge in [0, 0.05) is 18.5 Å². The number of amides is 2. The summed E-state index contributed by atoms with van der Waals surface area (Å²) in [5.74, 6) is -0.280. The van der Waals surface area contributed by atoms with Crippen LogP contribution in [-0.2, 0) is 9.59 Å². The minimum absolute atomic E-state index is 0.0360. The molecule has 0 spiro atoms. The fourth-order valence-corrected chi connectivity index (χ4v) is 2.40. The molecule has 1 unspecified atom stereocenters. The maximum Gasteiger partial charge on any atom is 0.228 e. The van der Waals surface area contributed by atoms with E-state index in [9.17, 15) is 9.59 Å². The minimum Gasteiger partial charge on any atom is -0.324 e. The fraction of sp³-hybridized carbons (Fsp3) is 0.429. The molecule has 1 atom stereocenters. The molecule has 0 aliphatic carbocycles. The van der Waals surface area contributed by atoms with Crippen molar-refractivity contribution in [2.45, 2.75) is 19.8 Å². The van der Waals surface area contributed by atoms with Gasteiger partial charge in [-0.05, 0) is 37.6 Å². The van der Waals surface area contributed by atoms with Crippen molar-refractivity contribution in [3.8, 4) is 0 Å². The third kappa shape index (κ3) is 3.95. The Labute approximate surface area is 123 Å². The average Bonchev–Trinajstić information content (AvgIpc) is 2.42. The first-order valence-electron chi connectivity index (χ1n) is 6.65. The Bertz CT molecular complexity index is 513. The summed E-state index contributed by atoms with van der Waals surface area (Å²) < 4.78 is 0. The van der Waals surface area contributed by atoms with Crippen LogP contribution in [-0.4, -0.2) is 24.9 Å². The Morgan fingerprint density at radius 2 is 2.10 bits per heavy atom. The van der Waals surface area contributed by atoms with Gasteiger partial charge in [-0.3, -0.25) is 9.59 Å². The van der Waals surface area contributed by atoms with Crippen LogP contribution in [0.2, 0.25) is 5.02 Å². The number of nitrogens with one attached hydrogen (secondary N) is 3.